The molecule has 0 aliphatic heterocycles. The average molecular weight is 438 g/mol. The molecular formula is C17H8F6O5S. The van der Waals surface area contributed by atoms with Gasteiger partial charge in [-0.1, -0.05) is 0 Å². The number of benzene rings is 2. The number of hydrogen-bond donors (Lipinski definition) is 0. The lowest BCUT2D eigenvalue weighted by Crippen LogP contribution is -2.12. The molecule has 1 heterocycles. The highest BCUT2D eigenvalue weighted by molar-refractivity contribution is 7.87. The lowest BCUT2D eigenvalue weighted by molar-refractivity contribution is -0.138. The van der Waals surface area contributed by atoms with Gasteiger partial charge in [-0.05, 0) is 36.4 Å². The van der Waals surface area contributed by atoms with Crippen LogP contribution in [0.4, 0.5) is 26.3 Å². The smallest absolute Gasteiger partial charge is 0.417 e. The van der Waals surface area contributed by atoms with Crippen LogP contribution in [0.1, 0.15) is 11.1 Å². The van der Waals surface area contributed by atoms with Gasteiger partial charge in [-0.3, -0.25) is 0 Å². The van der Waals surface area contributed by atoms with E-state index >= 15 is 0 Å². The van der Waals surface area contributed by atoms with Gasteiger partial charge >= 0.3 is 28.1 Å². The summed E-state index contributed by atoms with van der Waals surface area (Å²) in [5, 5.41) is -0.503. The first-order chi connectivity index (χ1) is 13.3. The van der Waals surface area contributed by atoms with E-state index in [1.54, 1.807) is 0 Å². The molecule has 29 heavy (non-hydrogen) atoms. The largest absolute Gasteiger partial charge is 0.423 e. The van der Waals surface area contributed by atoms with Crippen LogP contribution in [-0.4, -0.2) is 8.42 Å². The fourth-order valence-corrected chi connectivity index (χ4v) is 3.34. The molecule has 0 bridgehead atoms. The summed E-state index contributed by atoms with van der Waals surface area (Å²) in [5.74, 6) is -0.500. The van der Waals surface area contributed by atoms with E-state index in [9.17, 15) is 39.6 Å². The summed E-state index contributed by atoms with van der Waals surface area (Å²) in [7, 11) is -4.60. The van der Waals surface area contributed by atoms with Crippen LogP contribution in [-0.2, 0) is 22.5 Å². The number of halogens is 6. The third kappa shape index (κ3) is 4.36. The van der Waals surface area contributed by atoms with E-state index < -0.39 is 60.8 Å². The minimum atomic E-state index is -4.86. The summed E-state index contributed by atoms with van der Waals surface area (Å²) in [5.41, 5.74) is -4.25. The van der Waals surface area contributed by atoms with Gasteiger partial charge in [-0.2, -0.15) is 34.8 Å². The van der Waals surface area contributed by atoms with Crippen LogP contribution in [0, 0.1) is 0 Å². The molecule has 0 aliphatic carbocycles. The number of rotatable bonds is 3. The minimum absolute atomic E-state index is 0.252. The fourth-order valence-electron chi connectivity index (χ4n) is 2.41. The van der Waals surface area contributed by atoms with E-state index in [-0.39, 0.29) is 6.07 Å². The van der Waals surface area contributed by atoms with E-state index in [4.69, 9.17) is 4.18 Å². The minimum Gasteiger partial charge on any atom is -0.423 e. The van der Waals surface area contributed by atoms with Gasteiger partial charge in [-0.25, -0.2) is 4.79 Å². The predicted octanol–water partition coefficient (Wildman–Crippen LogP) is 4.60. The average Bonchev–Trinajstić information content (AvgIpc) is 2.59. The molecule has 0 unspecified atom stereocenters. The summed E-state index contributed by atoms with van der Waals surface area (Å²) in [4.78, 5) is 10.7. The first-order valence-electron chi connectivity index (χ1n) is 7.54. The maximum Gasteiger partial charge on any atom is 0.417 e. The van der Waals surface area contributed by atoms with Crippen LogP contribution >= 0.6 is 0 Å². The first-order valence-corrected chi connectivity index (χ1v) is 8.95. The second-order valence-corrected chi connectivity index (χ2v) is 7.24. The molecule has 0 saturated carbocycles. The SMILES string of the molecule is O=c1cc(C(F)(F)F)c2ccc(OS(=O)(=O)c3ccc(C(F)(F)F)cc3)cc2o1. The van der Waals surface area contributed by atoms with Crippen LogP contribution in [0.25, 0.3) is 11.0 Å². The van der Waals surface area contributed by atoms with Crippen molar-refractivity contribution in [3.63, 3.8) is 0 Å². The van der Waals surface area contributed by atoms with Crippen LogP contribution in [0.2, 0.25) is 0 Å². The Morgan fingerprint density at radius 2 is 1.45 bits per heavy atom. The van der Waals surface area contributed by atoms with E-state index in [0.717, 1.165) is 18.2 Å². The molecule has 2 aromatic carbocycles. The summed E-state index contributed by atoms with van der Waals surface area (Å²) in [6.07, 6.45) is -9.53. The van der Waals surface area contributed by atoms with Gasteiger partial charge in [0.1, 0.15) is 16.2 Å². The molecule has 154 valence electrons. The highest BCUT2D eigenvalue weighted by Gasteiger charge is 2.34. The molecule has 12 heteroatoms. The lowest BCUT2D eigenvalue weighted by atomic mass is 10.1. The summed E-state index contributed by atoms with van der Waals surface area (Å²) < 4.78 is 111. The lowest BCUT2D eigenvalue weighted by Gasteiger charge is -2.11. The van der Waals surface area contributed by atoms with Crippen molar-refractivity contribution in [2.24, 2.45) is 0 Å². The van der Waals surface area contributed by atoms with Crippen molar-refractivity contribution in [3.8, 4) is 5.75 Å². The molecule has 3 aromatic rings. The Hall–Kier alpha value is -3.02. The molecule has 0 N–H and O–H groups in total. The molecule has 0 radical (unpaired) electrons. The van der Waals surface area contributed by atoms with Crippen molar-refractivity contribution in [3.05, 3.63) is 70.1 Å². The van der Waals surface area contributed by atoms with E-state index in [0.29, 0.717) is 24.3 Å². The van der Waals surface area contributed by atoms with Crippen molar-refractivity contribution in [1.29, 1.82) is 0 Å². The third-order valence-corrected chi connectivity index (χ3v) is 4.96. The Morgan fingerprint density at radius 3 is 2.00 bits per heavy atom. The summed E-state index contributed by atoms with van der Waals surface area (Å²) in [6.45, 7) is 0. The Morgan fingerprint density at radius 1 is 0.828 bits per heavy atom. The van der Waals surface area contributed by atoms with Gasteiger partial charge < -0.3 is 8.60 Å². The van der Waals surface area contributed by atoms with Gasteiger partial charge in [0.05, 0.1) is 11.1 Å². The maximum atomic E-state index is 13.0. The van der Waals surface area contributed by atoms with Gasteiger partial charge in [-0.15, -0.1) is 0 Å². The molecule has 0 aliphatic rings. The number of hydrogen-bond acceptors (Lipinski definition) is 5. The Kier molecular flexibility index (Phi) is 4.85. The topological polar surface area (TPSA) is 73.6 Å². The van der Waals surface area contributed by atoms with E-state index in [1.807, 2.05) is 0 Å². The number of alkyl halides is 6. The highest BCUT2D eigenvalue weighted by atomic mass is 32.2. The van der Waals surface area contributed by atoms with Crippen LogP contribution in [0.3, 0.4) is 0 Å². The molecule has 1 aromatic heterocycles. The summed E-state index contributed by atoms with van der Waals surface area (Å²) >= 11 is 0. The van der Waals surface area contributed by atoms with Crippen LogP contribution in [0.15, 0.2) is 62.6 Å². The van der Waals surface area contributed by atoms with E-state index in [1.165, 1.54) is 0 Å². The standard InChI is InChI=1S/C17H8F6O5S/c18-16(19,20)9-1-4-11(5-2-9)29(25,26)28-10-3-6-12-13(17(21,22)23)8-15(24)27-14(12)7-10/h1-8H. The van der Waals surface area contributed by atoms with Gasteiger partial charge in [0.2, 0.25) is 0 Å². The molecule has 3 rings (SSSR count). The van der Waals surface area contributed by atoms with Gasteiger partial charge in [0.15, 0.2) is 0 Å². The van der Waals surface area contributed by atoms with Crippen molar-refractivity contribution >= 4 is 21.1 Å². The predicted molar refractivity (Wildman–Crippen MR) is 86.7 cm³/mol. The number of fused-ring (bicyclic) bond motifs is 1. The zero-order valence-corrected chi connectivity index (χ0v) is 14.7. The van der Waals surface area contributed by atoms with Crippen molar-refractivity contribution in [2.75, 3.05) is 0 Å². The zero-order chi connectivity index (χ0) is 21.6. The first kappa shape index (κ1) is 20.7. The quantitative estimate of drug-likeness (QED) is 0.340. The van der Waals surface area contributed by atoms with Crippen molar-refractivity contribution < 1.29 is 43.4 Å². The molecule has 0 atom stereocenters. The fraction of sp³-hybridized carbons (Fsp3) is 0.118. The Labute approximate surface area is 158 Å². The third-order valence-electron chi connectivity index (χ3n) is 3.70. The van der Waals surface area contributed by atoms with Gasteiger partial charge in [0.25, 0.3) is 0 Å². The van der Waals surface area contributed by atoms with Crippen molar-refractivity contribution in [2.45, 2.75) is 17.2 Å². The molecular weight excluding hydrogens is 430 g/mol. The molecule has 0 saturated heterocycles. The normalized spacial score (nSPS) is 12.9. The Bertz CT molecular complexity index is 1220. The molecule has 5 nitrogen and oxygen atoms in total. The zero-order valence-electron chi connectivity index (χ0n) is 13.8. The van der Waals surface area contributed by atoms with Crippen molar-refractivity contribution in [1.82, 2.24) is 0 Å². The van der Waals surface area contributed by atoms with Crippen LogP contribution in [0.5, 0.6) is 5.75 Å². The van der Waals surface area contributed by atoms with Crippen LogP contribution < -0.4 is 9.81 Å². The summed E-state index contributed by atoms with van der Waals surface area (Å²) in [6, 6.07) is 5.14. The molecule has 0 fully saturated rings. The second kappa shape index (κ2) is 6.79. The second-order valence-electron chi connectivity index (χ2n) is 5.69. The highest BCUT2D eigenvalue weighted by Crippen LogP contribution is 2.35. The molecule has 0 amide bonds. The molecule has 0 spiro atoms. The maximum absolute atomic E-state index is 13.0. The van der Waals surface area contributed by atoms with Gasteiger partial charge in [0, 0.05) is 17.5 Å². The monoisotopic (exact) mass is 438 g/mol. The van der Waals surface area contributed by atoms with E-state index in [2.05, 4.69) is 4.42 Å². The Balaban J connectivity index is 1.98.